The molecule has 0 saturated carbocycles. The predicted octanol–water partition coefficient (Wildman–Crippen LogP) is 2.23. The van der Waals surface area contributed by atoms with Crippen molar-refractivity contribution in [3.05, 3.63) is 29.8 Å². The molecule has 1 rings (SSSR count). The van der Waals surface area contributed by atoms with Gasteiger partial charge in [-0.05, 0) is 37.8 Å². The van der Waals surface area contributed by atoms with Crippen LogP contribution in [0.1, 0.15) is 12.5 Å². The van der Waals surface area contributed by atoms with Crippen molar-refractivity contribution < 1.29 is 9.90 Å². The monoisotopic (exact) mass is 268 g/mol. The molecule has 0 fully saturated rings. The predicted molar refractivity (Wildman–Crippen MR) is 77.2 cm³/mol. The molecule has 1 unspecified atom stereocenters. The minimum Gasteiger partial charge on any atom is -0.387 e. The van der Waals surface area contributed by atoms with Crippen molar-refractivity contribution in [2.75, 3.05) is 23.9 Å². The topological polar surface area (TPSA) is 61.4 Å². The first kappa shape index (κ1) is 14.9. The molecule has 0 aliphatic carbocycles. The quantitative estimate of drug-likeness (QED) is 0.767. The molecule has 1 atom stereocenters. The lowest BCUT2D eigenvalue weighted by molar-refractivity contribution is 0.0876. The van der Waals surface area contributed by atoms with Crippen molar-refractivity contribution in [2.24, 2.45) is 0 Å². The number of amides is 2. The van der Waals surface area contributed by atoms with Crippen molar-refractivity contribution >= 4 is 23.5 Å². The van der Waals surface area contributed by atoms with Crippen molar-refractivity contribution in [1.82, 2.24) is 5.32 Å². The van der Waals surface area contributed by atoms with E-state index in [0.29, 0.717) is 5.75 Å². The Bertz CT molecular complexity index is 408. The maximum atomic E-state index is 11.6. The summed E-state index contributed by atoms with van der Waals surface area (Å²) in [5, 5.41) is 15.3. The van der Waals surface area contributed by atoms with E-state index in [1.807, 2.05) is 37.4 Å². The van der Waals surface area contributed by atoms with Crippen LogP contribution in [-0.4, -0.2) is 35.3 Å². The first-order valence-corrected chi connectivity index (χ1v) is 7.15. The fourth-order valence-electron chi connectivity index (χ4n) is 1.53. The van der Waals surface area contributed by atoms with Gasteiger partial charge in [0.15, 0.2) is 0 Å². The third kappa shape index (κ3) is 5.42. The van der Waals surface area contributed by atoms with Gasteiger partial charge in [-0.25, -0.2) is 4.79 Å². The molecule has 0 aliphatic heterocycles. The highest BCUT2D eigenvalue weighted by atomic mass is 32.2. The molecule has 0 spiro atoms. The summed E-state index contributed by atoms with van der Waals surface area (Å²) < 4.78 is 0. The van der Waals surface area contributed by atoms with Gasteiger partial charge in [0.25, 0.3) is 0 Å². The van der Waals surface area contributed by atoms with Crippen LogP contribution in [0.5, 0.6) is 0 Å². The standard InChI is InChI=1S/C13H20N2O2S/c1-10-5-4-6-11(7-10)15-12(16)14-8-13(2,17)9-18-3/h4-7,17H,8-9H2,1-3H3,(H2,14,15,16). The van der Waals surface area contributed by atoms with Crippen molar-refractivity contribution in [2.45, 2.75) is 19.4 Å². The summed E-state index contributed by atoms with van der Waals surface area (Å²) in [6.45, 7) is 3.90. The molecular weight excluding hydrogens is 248 g/mol. The number of rotatable bonds is 5. The molecule has 3 N–H and O–H groups in total. The first-order chi connectivity index (χ1) is 8.43. The molecule has 0 aliphatic rings. The lowest BCUT2D eigenvalue weighted by atomic mass is 10.1. The number of thioether (sulfide) groups is 1. The van der Waals surface area contributed by atoms with E-state index in [9.17, 15) is 9.90 Å². The zero-order valence-electron chi connectivity index (χ0n) is 11.0. The first-order valence-electron chi connectivity index (χ1n) is 5.76. The molecular formula is C13H20N2O2S. The van der Waals surface area contributed by atoms with Crippen LogP contribution in [0.15, 0.2) is 24.3 Å². The Balaban J connectivity index is 2.43. The Labute approximate surface area is 112 Å². The fraction of sp³-hybridized carbons (Fsp3) is 0.462. The lowest BCUT2D eigenvalue weighted by Gasteiger charge is -2.22. The third-order valence-electron chi connectivity index (χ3n) is 2.36. The van der Waals surface area contributed by atoms with Crippen molar-refractivity contribution in [3.63, 3.8) is 0 Å². The Hall–Kier alpha value is -1.20. The van der Waals surface area contributed by atoms with E-state index in [1.165, 1.54) is 0 Å². The summed E-state index contributed by atoms with van der Waals surface area (Å²) in [6.07, 6.45) is 1.92. The van der Waals surface area contributed by atoms with E-state index < -0.39 is 5.60 Å². The van der Waals surface area contributed by atoms with Gasteiger partial charge < -0.3 is 15.7 Å². The van der Waals surface area contributed by atoms with Crippen molar-refractivity contribution in [3.8, 4) is 0 Å². The van der Waals surface area contributed by atoms with Crippen LogP contribution in [0.3, 0.4) is 0 Å². The van der Waals surface area contributed by atoms with Crippen LogP contribution in [0.4, 0.5) is 10.5 Å². The van der Waals surface area contributed by atoms with Crippen LogP contribution >= 0.6 is 11.8 Å². The van der Waals surface area contributed by atoms with Gasteiger partial charge in [-0.3, -0.25) is 0 Å². The zero-order chi connectivity index (χ0) is 13.6. The van der Waals surface area contributed by atoms with Gasteiger partial charge in [-0.2, -0.15) is 11.8 Å². The van der Waals surface area contributed by atoms with Crippen LogP contribution < -0.4 is 10.6 Å². The highest BCUT2D eigenvalue weighted by Crippen LogP contribution is 2.10. The van der Waals surface area contributed by atoms with Gasteiger partial charge in [0, 0.05) is 18.0 Å². The normalized spacial score (nSPS) is 13.8. The summed E-state index contributed by atoms with van der Waals surface area (Å²) >= 11 is 1.54. The summed E-state index contributed by atoms with van der Waals surface area (Å²) in [4.78, 5) is 11.6. The van der Waals surface area contributed by atoms with Gasteiger partial charge >= 0.3 is 6.03 Å². The second-order valence-corrected chi connectivity index (χ2v) is 5.47. The number of hydrogen-bond acceptors (Lipinski definition) is 3. The molecule has 100 valence electrons. The number of nitrogens with one attached hydrogen (secondary N) is 2. The Morgan fingerprint density at radius 2 is 2.22 bits per heavy atom. The summed E-state index contributed by atoms with van der Waals surface area (Å²) in [5.41, 5.74) is 0.947. The molecule has 0 heterocycles. The molecule has 2 amide bonds. The molecule has 0 saturated heterocycles. The average Bonchev–Trinajstić information content (AvgIpc) is 2.26. The SMILES string of the molecule is CSCC(C)(O)CNC(=O)Nc1cccc(C)c1. The largest absolute Gasteiger partial charge is 0.387 e. The Morgan fingerprint density at radius 3 is 2.83 bits per heavy atom. The van der Waals surface area contributed by atoms with E-state index in [1.54, 1.807) is 18.7 Å². The third-order valence-corrected chi connectivity index (χ3v) is 3.27. The van der Waals surface area contributed by atoms with E-state index in [-0.39, 0.29) is 12.6 Å². The number of benzene rings is 1. The maximum absolute atomic E-state index is 11.6. The number of anilines is 1. The van der Waals surface area contributed by atoms with Crippen molar-refractivity contribution in [1.29, 1.82) is 0 Å². The van der Waals surface area contributed by atoms with E-state index in [2.05, 4.69) is 10.6 Å². The Morgan fingerprint density at radius 1 is 1.50 bits per heavy atom. The highest BCUT2D eigenvalue weighted by Gasteiger charge is 2.20. The highest BCUT2D eigenvalue weighted by molar-refractivity contribution is 7.98. The van der Waals surface area contributed by atoms with E-state index in [0.717, 1.165) is 11.3 Å². The zero-order valence-corrected chi connectivity index (χ0v) is 11.8. The number of aryl methyl sites for hydroxylation is 1. The minimum absolute atomic E-state index is 0.228. The summed E-state index contributed by atoms with van der Waals surface area (Å²) in [5.74, 6) is 0.581. The van der Waals surface area contributed by atoms with Gasteiger partial charge in [0.05, 0.1) is 5.60 Å². The second kappa shape index (κ2) is 6.66. The van der Waals surface area contributed by atoms with Crippen LogP contribution in [0.25, 0.3) is 0 Å². The summed E-state index contributed by atoms with van der Waals surface area (Å²) in [6, 6.07) is 7.26. The molecule has 0 radical (unpaired) electrons. The molecule has 0 bridgehead atoms. The molecule has 1 aromatic carbocycles. The average molecular weight is 268 g/mol. The van der Waals surface area contributed by atoms with Gasteiger partial charge in [-0.1, -0.05) is 12.1 Å². The second-order valence-electron chi connectivity index (χ2n) is 4.61. The number of hydrogen-bond donors (Lipinski definition) is 3. The number of aliphatic hydroxyl groups is 1. The summed E-state index contributed by atoms with van der Waals surface area (Å²) in [7, 11) is 0. The lowest BCUT2D eigenvalue weighted by Crippen LogP contribution is -2.43. The van der Waals surface area contributed by atoms with E-state index >= 15 is 0 Å². The van der Waals surface area contributed by atoms with Crippen LogP contribution in [0.2, 0.25) is 0 Å². The maximum Gasteiger partial charge on any atom is 0.319 e. The van der Waals surface area contributed by atoms with E-state index in [4.69, 9.17) is 0 Å². The number of carbonyl (C=O) groups is 1. The Kier molecular flexibility index (Phi) is 5.50. The smallest absolute Gasteiger partial charge is 0.319 e. The fourth-order valence-corrected chi connectivity index (χ4v) is 2.25. The molecule has 0 aromatic heterocycles. The minimum atomic E-state index is -0.886. The molecule has 4 nitrogen and oxygen atoms in total. The number of urea groups is 1. The molecule has 5 heteroatoms. The van der Waals surface area contributed by atoms with Gasteiger partial charge in [0.2, 0.25) is 0 Å². The molecule has 18 heavy (non-hydrogen) atoms. The molecule has 1 aromatic rings. The number of carbonyl (C=O) groups excluding carboxylic acids is 1. The van der Waals surface area contributed by atoms with Gasteiger partial charge in [0.1, 0.15) is 0 Å². The van der Waals surface area contributed by atoms with Gasteiger partial charge in [-0.15, -0.1) is 0 Å². The van der Waals surface area contributed by atoms with Crippen LogP contribution in [0, 0.1) is 6.92 Å². The van der Waals surface area contributed by atoms with Crippen LogP contribution in [-0.2, 0) is 0 Å².